The summed E-state index contributed by atoms with van der Waals surface area (Å²) in [5.74, 6) is -1.03. The Labute approximate surface area is 80.6 Å². The first-order valence-electron chi connectivity index (χ1n) is 3.25. The van der Waals surface area contributed by atoms with Gasteiger partial charge in [-0.25, -0.2) is 4.79 Å². The molecule has 0 atom stereocenters. The number of carboxylic acid groups (broad SMARTS) is 1. The van der Waals surface area contributed by atoms with Crippen LogP contribution in [0.4, 0.5) is 0 Å². The van der Waals surface area contributed by atoms with E-state index in [1.807, 2.05) is 0 Å². The summed E-state index contributed by atoms with van der Waals surface area (Å²) in [5, 5.41) is 8.89. The van der Waals surface area contributed by atoms with Gasteiger partial charge in [0.15, 0.2) is 0 Å². The third-order valence-corrected chi connectivity index (χ3v) is 2.32. The predicted molar refractivity (Wildman–Crippen MR) is 50.4 cm³/mol. The number of aryl methyl sites for hydroxylation is 1. The summed E-state index contributed by atoms with van der Waals surface area (Å²) in [7, 11) is 0. The van der Waals surface area contributed by atoms with E-state index in [1.54, 1.807) is 13.0 Å². The van der Waals surface area contributed by atoms with Crippen LogP contribution in [0.3, 0.4) is 0 Å². The van der Waals surface area contributed by atoms with E-state index in [4.69, 9.17) is 16.7 Å². The highest BCUT2D eigenvalue weighted by Gasteiger charge is 2.11. The van der Waals surface area contributed by atoms with Crippen molar-refractivity contribution in [2.24, 2.45) is 0 Å². The molecule has 0 bridgehead atoms. The molecule has 0 saturated heterocycles. The Kier molecular flexibility index (Phi) is 2.65. The molecule has 0 amide bonds. The Hall–Kier alpha value is -0.670. The van der Waals surface area contributed by atoms with Crippen molar-refractivity contribution in [2.45, 2.75) is 11.8 Å². The summed E-state index contributed by atoms with van der Waals surface area (Å²) in [6.07, 6.45) is 0. The van der Waals surface area contributed by atoms with Gasteiger partial charge in [0.1, 0.15) is 0 Å². The highest BCUT2D eigenvalue weighted by Crippen LogP contribution is 2.25. The fourth-order valence-corrected chi connectivity index (χ4v) is 1.42. The molecule has 12 heavy (non-hydrogen) atoms. The lowest BCUT2D eigenvalue weighted by atomic mass is 10.1. The molecule has 0 aromatic heterocycles. The molecule has 0 aliphatic rings. The van der Waals surface area contributed by atoms with Crippen molar-refractivity contribution in [3.8, 4) is 0 Å². The predicted octanol–water partition coefficient (Wildman–Crippen LogP) is 2.64. The molecule has 0 heterocycles. The molecule has 0 aliphatic carbocycles. The summed E-state index contributed by atoms with van der Waals surface area (Å²) in [5.41, 5.74) is 0.934. The van der Waals surface area contributed by atoms with Gasteiger partial charge in [-0.1, -0.05) is 11.6 Å². The first kappa shape index (κ1) is 9.42. The van der Waals surface area contributed by atoms with Gasteiger partial charge in [0.05, 0.1) is 10.6 Å². The highest BCUT2D eigenvalue weighted by atomic mass is 35.5. The van der Waals surface area contributed by atoms with Crippen LogP contribution in [0, 0.1) is 6.92 Å². The number of carboxylic acids is 1. The zero-order chi connectivity index (χ0) is 9.30. The number of hydrogen-bond donors (Lipinski definition) is 2. The normalized spacial score (nSPS) is 9.92. The second-order valence-corrected chi connectivity index (χ2v) is 3.31. The monoisotopic (exact) mass is 202 g/mol. The number of carbonyl (C=O) groups is 1. The molecule has 0 fully saturated rings. The lowest BCUT2D eigenvalue weighted by molar-refractivity contribution is 0.0696. The number of halogens is 1. The Morgan fingerprint density at radius 3 is 2.67 bits per heavy atom. The van der Waals surface area contributed by atoms with Crippen molar-refractivity contribution in [1.29, 1.82) is 0 Å². The van der Waals surface area contributed by atoms with E-state index in [2.05, 4.69) is 12.6 Å². The van der Waals surface area contributed by atoms with E-state index in [9.17, 15) is 4.79 Å². The zero-order valence-electron chi connectivity index (χ0n) is 6.34. The van der Waals surface area contributed by atoms with Crippen LogP contribution in [0.1, 0.15) is 15.9 Å². The average molecular weight is 203 g/mol. The summed E-state index contributed by atoms with van der Waals surface area (Å²) in [6, 6.07) is 3.24. The van der Waals surface area contributed by atoms with Crippen LogP contribution in [0.5, 0.6) is 0 Å². The van der Waals surface area contributed by atoms with Crippen LogP contribution in [-0.2, 0) is 0 Å². The molecule has 64 valence electrons. The number of benzene rings is 1. The first-order valence-corrected chi connectivity index (χ1v) is 4.07. The fraction of sp³-hybridized carbons (Fsp3) is 0.125. The molecule has 0 radical (unpaired) electrons. The average Bonchev–Trinajstić information content (AvgIpc) is 1.96. The number of thiol groups is 1. The summed E-state index contributed by atoms with van der Waals surface area (Å²) < 4.78 is 0. The van der Waals surface area contributed by atoms with Gasteiger partial charge in [-0.05, 0) is 24.6 Å². The smallest absolute Gasteiger partial charge is 0.337 e. The Bertz CT molecular complexity index is 336. The van der Waals surface area contributed by atoms with E-state index in [0.29, 0.717) is 4.90 Å². The highest BCUT2D eigenvalue weighted by molar-refractivity contribution is 7.80. The van der Waals surface area contributed by atoms with Gasteiger partial charge in [0, 0.05) is 4.90 Å². The molecule has 4 heteroatoms. The van der Waals surface area contributed by atoms with Crippen molar-refractivity contribution in [1.82, 2.24) is 0 Å². The second kappa shape index (κ2) is 3.37. The van der Waals surface area contributed by atoms with Gasteiger partial charge in [0.25, 0.3) is 0 Å². The Balaban J connectivity index is 3.37. The maximum atomic E-state index is 10.6. The van der Waals surface area contributed by atoms with Gasteiger partial charge >= 0.3 is 5.97 Å². The number of hydrogen-bond acceptors (Lipinski definition) is 2. The molecule has 0 unspecified atom stereocenters. The minimum Gasteiger partial charge on any atom is -0.478 e. The van der Waals surface area contributed by atoms with E-state index < -0.39 is 5.97 Å². The fourth-order valence-electron chi connectivity index (χ4n) is 0.905. The van der Waals surface area contributed by atoms with Crippen LogP contribution >= 0.6 is 24.2 Å². The molecule has 1 N–H and O–H groups in total. The summed E-state index contributed by atoms with van der Waals surface area (Å²) in [4.78, 5) is 11.1. The maximum Gasteiger partial charge on any atom is 0.337 e. The van der Waals surface area contributed by atoms with Crippen molar-refractivity contribution in [3.63, 3.8) is 0 Å². The van der Waals surface area contributed by atoms with Crippen molar-refractivity contribution in [2.75, 3.05) is 0 Å². The molecule has 2 nitrogen and oxygen atoms in total. The molecule has 1 rings (SSSR count). The number of aromatic carboxylic acids is 1. The largest absolute Gasteiger partial charge is 0.478 e. The second-order valence-electron chi connectivity index (χ2n) is 2.45. The van der Waals surface area contributed by atoms with Gasteiger partial charge in [-0.3, -0.25) is 0 Å². The molecule has 0 spiro atoms. The van der Waals surface area contributed by atoms with Crippen molar-refractivity contribution < 1.29 is 9.90 Å². The van der Waals surface area contributed by atoms with Crippen LogP contribution in [0.25, 0.3) is 0 Å². The minimum atomic E-state index is -1.03. The maximum absolute atomic E-state index is 10.6. The van der Waals surface area contributed by atoms with E-state index in [1.165, 1.54) is 6.07 Å². The minimum absolute atomic E-state index is 0.0988. The molecule has 1 aromatic carbocycles. The Morgan fingerprint density at radius 1 is 1.58 bits per heavy atom. The van der Waals surface area contributed by atoms with Crippen molar-refractivity contribution >= 4 is 30.2 Å². The van der Waals surface area contributed by atoms with E-state index in [0.717, 1.165) is 5.56 Å². The van der Waals surface area contributed by atoms with Crippen molar-refractivity contribution in [3.05, 3.63) is 28.3 Å². The lowest BCUT2D eigenvalue weighted by Crippen LogP contribution is -1.98. The Morgan fingerprint density at radius 2 is 2.17 bits per heavy atom. The molecule has 0 saturated carbocycles. The van der Waals surface area contributed by atoms with Crippen LogP contribution < -0.4 is 0 Å². The third kappa shape index (κ3) is 1.73. The molecule has 0 aliphatic heterocycles. The standard InChI is InChI=1S/C8H7ClO2S/c1-4-2-5(8(10)11)7(9)6(12)3-4/h2-3,12H,1H3,(H,10,11). The van der Waals surface area contributed by atoms with Gasteiger partial charge in [-0.2, -0.15) is 0 Å². The van der Waals surface area contributed by atoms with E-state index in [-0.39, 0.29) is 10.6 Å². The van der Waals surface area contributed by atoms with Gasteiger partial charge in [0.2, 0.25) is 0 Å². The number of rotatable bonds is 1. The van der Waals surface area contributed by atoms with Crippen LogP contribution in [0.2, 0.25) is 5.02 Å². The summed E-state index contributed by atoms with van der Waals surface area (Å²) in [6.45, 7) is 1.79. The van der Waals surface area contributed by atoms with Crippen LogP contribution in [0.15, 0.2) is 17.0 Å². The molecular weight excluding hydrogens is 196 g/mol. The van der Waals surface area contributed by atoms with Gasteiger partial charge in [-0.15, -0.1) is 12.6 Å². The van der Waals surface area contributed by atoms with Crippen LogP contribution in [-0.4, -0.2) is 11.1 Å². The molecular formula is C8H7ClO2S. The molecule has 1 aromatic rings. The lowest BCUT2D eigenvalue weighted by Gasteiger charge is -2.03. The van der Waals surface area contributed by atoms with Gasteiger partial charge < -0.3 is 5.11 Å². The topological polar surface area (TPSA) is 37.3 Å². The summed E-state index contributed by atoms with van der Waals surface area (Å²) >= 11 is 9.74. The SMILES string of the molecule is Cc1cc(S)c(Cl)c(C(=O)O)c1. The quantitative estimate of drug-likeness (QED) is 0.687. The van der Waals surface area contributed by atoms with E-state index >= 15 is 0 Å². The zero-order valence-corrected chi connectivity index (χ0v) is 7.99. The third-order valence-electron chi connectivity index (χ3n) is 1.43. The first-order chi connectivity index (χ1) is 5.52.